The number of carbonyl (C=O) groups is 1. The highest BCUT2D eigenvalue weighted by Gasteiger charge is 2.69. The van der Waals surface area contributed by atoms with Gasteiger partial charge in [0.1, 0.15) is 5.75 Å². The van der Waals surface area contributed by atoms with Crippen LogP contribution in [0.1, 0.15) is 34.0 Å². The van der Waals surface area contributed by atoms with Crippen LogP contribution in [0.4, 0.5) is 13.2 Å². The van der Waals surface area contributed by atoms with E-state index in [-0.39, 0.29) is 30.1 Å². The average molecular weight is 466 g/mol. The van der Waals surface area contributed by atoms with Crippen LogP contribution >= 0.6 is 0 Å². The molecule has 34 heavy (non-hydrogen) atoms. The molecule has 4 nitrogen and oxygen atoms in total. The maximum Gasteiger partial charge on any atom is 0.416 e. The Morgan fingerprint density at radius 1 is 0.971 bits per heavy atom. The molecule has 2 aliphatic rings. The molecule has 3 aromatic rings. The smallest absolute Gasteiger partial charge is 0.416 e. The number of ketones is 1. The molecule has 5 rings (SSSR count). The van der Waals surface area contributed by atoms with E-state index in [2.05, 4.69) is 0 Å². The summed E-state index contributed by atoms with van der Waals surface area (Å²) >= 11 is 0. The van der Waals surface area contributed by atoms with Crippen molar-refractivity contribution < 1.29 is 32.2 Å². The lowest BCUT2D eigenvalue weighted by atomic mass is 9.72. The van der Waals surface area contributed by atoms with Gasteiger partial charge in [-0.15, -0.1) is 0 Å². The molecular formula is C27H21F3O4. The number of ether oxygens (including phenoxy) is 3. The molecule has 0 saturated heterocycles. The number of fused-ring (bicyclic) bond motifs is 1. The van der Waals surface area contributed by atoms with Gasteiger partial charge in [0.25, 0.3) is 5.79 Å². The van der Waals surface area contributed by atoms with Gasteiger partial charge >= 0.3 is 6.18 Å². The molecule has 174 valence electrons. The van der Waals surface area contributed by atoms with Gasteiger partial charge in [0.2, 0.25) is 11.4 Å². The minimum Gasteiger partial charge on any atom is -0.453 e. The normalized spacial score (nSPS) is 24.0. The number of halogens is 3. The lowest BCUT2D eigenvalue weighted by Gasteiger charge is -2.50. The highest BCUT2D eigenvalue weighted by molar-refractivity contribution is 6.15. The number of para-hydroxylation sites is 1. The summed E-state index contributed by atoms with van der Waals surface area (Å²) in [5.41, 5.74) is -1.25. The van der Waals surface area contributed by atoms with Crippen LogP contribution in [0.15, 0.2) is 84.9 Å². The maximum atomic E-state index is 14.2. The molecule has 0 fully saturated rings. The van der Waals surface area contributed by atoms with Gasteiger partial charge in [0.15, 0.2) is 0 Å². The Morgan fingerprint density at radius 2 is 1.71 bits per heavy atom. The van der Waals surface area contributed by atoms with E-state index in [0.29, 0.717) is 11.1 Å². The number of benzene rings is 3. The van der Waals surface area contributed by atoms with Crippen LogP contribution in [0.5, 0.6) is 5.75 Å². The number of hydrogen-bond acceptors (Lipinski definition) is 4. The van der Waals surface area contributed by atoms with Crippen LogP contribution in [-0.2, 0) is 21.4 Å². The van der Waals surface area contributed by atoms with E-state index in [1.54, 1.807) is 37.3 Å². The first kappa shape index (κ1) is 22.4. The first-order valence-corrected chi connectivity index (χ1v) is 10.9. The SMILES string of the molecule is CCO[C@@]1(c2cccc(C(F)(F)F)c2)Oc2ccccc2C(=O)[C@@]12OCC=C2c1ccccc1. The van der Waals surface area contributed by atoms with Gasteiger partial charge in [-0.2, -0.15) is 13.2 Å². The Labute approximate surface area is 194 Å². The fourth-order valence-corrected chi connectivity index (χ4v) is 4.76. The lowest BCUT2D eigenvalue weighted by molar-refractivity contribution is -0.265. The van der Waals surface area contributed by atoms with Crippen molar-refractivity contribution in [2.75, 3.05) is 13.2 Å². The van der Waals surface area contributed by atoms with Crippen molar-refractivity contribution in [1.82, 2.24) is 0 Å². The van der Waals surface area contributed by atoms with E-state index in [1.165, 1.54) is 12.1 Å². The first-order valence-electron chi connectivity index (χ1n) is 10.9. The zero-order chi connectivity index (χ0) is 24.0. The van der Waals surface area contributed by atoms with Crippen molar-refractivity contribution in [1.29, 1.82) is 0 Å². The van der Waals surface area contributed by atoms with E-state index in [9.17, 15) is 18.0 Å². The van der Waals surface area contributed by atoms with Crippen LogP contribution in [0.3, 0.4) is 0 Å². The Kier molecular flexibility index (Phi) is 5.34. The molecule has 0 aliphatic carbocycles. The highest BCUT2D eigenvalue weighted by Crippen LogP contribution is 2.56. The van der Waals surface area contributed by atoms with Crippen LogP contribution < -0.4 is 4.74 Å². The molecule has 2 aliphatic heterocycles. The summed E-state index contributed by atoms with van der Waals surface area (Å²) in [6.07, 6.45) is -2.84. The molecule has 2 heterocycles. The van der Waals surface area contributed by atoms with Crippen molar-refractivity contribution in [3.8, 4) is 5.75 Å². The second-order valence-corrected chi connectivity index (χ2v) is 8.03. The molecule has 3 aromatic carbocycles. The summed E-state index contributed by atoms with van der Waals surface area (Å²) < 4.78 is 59.8. The van der Waals surface area contributed by atoms with Crippen molar-refractivity contribution in [2.24, 2.45) is 0 Å². The molecule has 0 bridgehead atoms. The Hall–Kier alpha value is -3.42. The number of carbonyl (C=O) groups excluding carboxylic acids is 1. The zero-order valence-electron chi connectivity index (χ0n) is 18.3. The third-order valence-electron chi connectivity index (χ3n) is 6.14. The van der Waals surface area contributed by atoms with E-state index in [4.69, 9.17) is 14.2 Å². The van der Waals surface area contributed by atoms with Crippen LogP contribution in [0, 0.1) is 0 Å². The standard InChI is InChI=1S/C27H21F3O4/c1-2-32-26(19-11-8-12-20(17-19)27(28,29)30)25(24(31)21-13-6-7-14-23(21)34-26)22(15-16-33-25)18-9-4-3-5-10-18/h3-15,17H,2,16H2,1H3/t25-,26+/m1/s1. The number of Topliss-reactive ketones (excluding diaryl/α,β-unsaturated/α-hetero) is 1. The molecule has 0 aromatic heterocycles. The van der Waals surface area contributed by atoms with E-state index >= 15 is 0 Å². The number of hydrogen-bond donors (Lipinski definition) is 0. The van der Waals surface area contributed by atoms with Gasteiger partial charge in [0, 0.05) is 17.7 Å². The highest BCUT2D eigenvalue weighted by atomic mass is 19.4. The fourth-order valence-electron chi connectivity index (χ4n) is 4.76. The molecular weight excluding hydrogens is 445 g/mol. The second-order valence-electron chi connectivity index (χ2n) is 8.03. The minimum atomic E-state index is -4.60. The van der Waals surface area contributed by atoms with Gasteiger partial charge in [-0.1, -0.05) is 60.7 Å². The monoisotopic (exact) mass is 466 g/mol. The summed E-state index contributed by atoms with van der Waals surface area (Å²) in [6, 6.07) is 20.4. The summed E-state index contributed by atoms with van der Waals surface area (Å²) in [7, 11) is 0. The van der Waals surface area contributed by atoms with Crippen LogP contribution in [-0.4, -0.2) is 24.6 Å². The maximum absolute atomic E-state index is 14.2. The second kappa shape index (κ2) is 8.11. The number of rotatable bonds is 4. The topological polar surface area (TPSA) is 44.8 Å². The van der Waals surface area contributed by atoms with Gasteiger partial charge in [-0.25, -0.2) is 0 Å². The quantitative estimate of drug-likeness (QED) is 0.472. The van der Waals surface area contributed by atoms with Crippen molar-refractivity contribution in [2.45, 2.75) is 24.5 Å². The summed E-state index contributed by atoms with van der Waals surface area (Å²) in [6.45, 7) is 1.81. The molecule has 7 heteroatoms. The summed E-state index contributed by atoms with van der Waals surface area (Å²) in [5.74, 6) is -2.22. The Bertz CT molecular complexity index is 1270. The van der Waals surface area contributed by atoms with Crippen molar-refractivity contribution in [3.05, 3.63) is 107 Å². The van der Waals surface area contributed by atoms with Crippen molar-refractivity contribution in [3.63, 3.8) is 0 Å². The summed E-state index contributed by atoms with van der Waals surface area (Å²) in [4.78, 5) is 14.2. The van der Waals surface area contributed by atoms with Gasteiger partial charge in [-0.05, 0) is 36.8 Å². The van der Waals surface area contributed by atoms with E-state index in [0.717, 1.165) is 12.1 Å². The van der Waals surface area contributed by atoms with E-state index in [1.807, 2.05) is 30.3 Å². The molecule has 0 amide bonds. The predicted molar refractivity (Wildman–Crippen MR) is 119 cm³/mol. The third-order valence-corrected chi connectivity index (χ3v) is 6.14. The van der Waals surface area contributed by atoms with Gasteiger partial charge in [-0.3, -0.25) is 4.79 Å². The molecule has 0 saturated carbocycles. The van der Waals surface area contributed by atoms with Crippen LogP contribution in [0.25, 0.3) is 5.57 Å². The fraction of sp³-hybridized carbons (Fsp3) is 0.222. The van der Waals surface area contributed by atoms with Crippen molar-refractivity contribution >= 4 is 11.4 Å². The van der Waals surface area contributed by atoms with Gasteiger partial charge < -0.3 is 14.2 Å². The third kappa shape index (κ3) is 3.19. The zero-order valence-corrected chi connectivity index (χ0v) is 18.3. The lowest BCUT2D eigenvalue weighted by Crippen LogP contribution is -2.64. The molecule has 2 atom stereocenters. The minimum absolute atomic E-state index is 0.0377. The molecule has 1 spiro atoms. The van der Waals surface area contributed by atoms with E-state index < -0.39 is 28.9 Å². The number of alkyl halides is 3. The largest absolute Gasteiger partial charge is 0.453 e. The molecule has 0 radical (unpaired) electrons. The van der Waals surface area contributed by atoms with Gasteiger partial charge in [0.05, 0.1) is 17.7 Å². The molecule has 0 N–H and O–H groups in total. The Morgan fingerprint density at radius 3 is 2.44 bits per heavy atom. The molecule has 0 unspecified atom stereocenters. The Balaban J connectivity index is 1.83. The predicted octanol–water partition coefficient (Wildman–Crippen LogP) is 6.02. The average Bonchev–Trinajstić information content (AvgIpc) is 3.29. The summed E-state index contributed by atoms with van der Waals surface area (Å²) in [5, 5.41) is 0. The first-order chi connectivity index (χ1) is 16.3. The van der Waals surface area contributed by atoms with Crippen LogP contribution in [0.2, 0.25) is 0 Å².